The van der Waals surface area contributed by atoms with Crippen molar-refractivity contribution in [2.24, 2.45) is 0 Å². The maximum absolute atomic E-state index is 5.49. The van der Waals surface area contributed by atoms with Crippen LogP contribution in [0, 0.1) is 0 Å². The number of benzene rings is 6. The highest BCUT2D eigenvalue weighted by Gasteiger charge is 2.24. The molecule has 0 saturated carbocycles. The molecule has 2 nitrogen and oxygen atoms in total. The summed E-state index contributed by atoms with van der Waals surface area (Å²) in [6, 6.07) is 47.8. The molecule has 6 aromatic carbocycles. The fourth-order valence-corrected chi connectivity index (χ4v) is 6.88. The van der Waals surface area contributed by atoms with Gasteiger partial charge in [-0.15, -0.1) is 0 Å². The normalized spacial score (nSPS) is 12.0. The molecule has 2 heterocycles. The van der Waals surface area contributed by atoms with Crippen molar-refractivity contribution in [2.45, 2.75) is 26.2 Å². The lowest BCUT2D eigenvalue weighted by Gasteiger charge is -2.26. The van der Waals surface area contributed by atoms with Crippen LogP contribution in [0.25, 0.3) is 76.9 Å². The largest absolute Gasteiger partial charge is 0.254 e. The predicted octanol–water partition coefficient (Wildman–Crippen LogP) is 11.4. The van der Waals surface area contributed by atoms with E-state index in [-0.39, 0.29) is 5.41 Å². The number of nitrogens with zero attached hydrogens (tertiary/aromatic N) is 2. The minimum absolute atomic E-state index is 0.0762. The molecule has 8 aromatic rings. The maximum Gasteiger partial charge on any atom is 0.0978 e. The van der Waals surface area contributed by atoms with Crippen LogP contribution in [0.15, 0.2) is 140 Å². The predicted molar refractivity (Wildman–Crippen MR) is 187 cm³/mol. The Balaban J connectivity index is 1.51. The van der Waals surface area contributed by atoms with Crippen molar-refractivity contribution in [1.82, 2.24) is 9.97 Å². The van der Waals surface area contributed by atoms with Crippen LogP contribution in [0.5, 0.6) is 0 Å². The van der Waals surface area contributed by atoms with E-state index in [1.54, 1.807) is 0 Å². The van der Waals surface area contributed by atoms with Crippen LogP contribution in [0.1, 0.15) is 26.3 Å². The first-order chi connectivity index (χ1) is 21.5. The standard InChI is InChI=1S/C42H32N2/c1-42(2,3)39-32-19-11-10-17-29(32)25-30-18-12-20-35(38(30)39)37-26-36(28-15-8-5-9-16-28)34-22-21-33-31(27-13-6-4-7-14-27)23-24-43-40(33)41(34)44-37/h4-26H,1-3H3. The van der Waals surface area contributed by atoms with Crippen molar-refractivity contribution in [2.75, 3.05) is 0 Å². The van der Waals surface area contributed by atoms with Gasteiger partial charge < -0.3 is 0 Å². The summed E-state index contributed by atoms with van der Waals surface area (Å²) < 4.78 is 0. The molecule has 0 saturated heterocycles. The van der Waals surface area contributed by atoms with Gasteiger partial charge in [-0.25, -0.2) is 4.98 Å². The molecule has 0 atom stereocenters. The number of fused-ring (bicyclic) bond motifs is 5. The second-order valence-corrected chi connectivity index (χ2v) is 12.6. The molecular formula is C42H32N2. The summed E-state index contributed by atoms with van der Waals surface area (Å²) >= 11 is 0. The summed E-state index contributed by atoms with van der Waals surface area (Å²) in [6.07, 6.45) is 1.92. The third-order valence-electron chi connectivity index (χ3n) is 8.77. The lowest BCUT2D eigenvalue weighted by atomic mass is 9.78. The summed E-state index contributed by atoms with van der Waals surface area (Å²) in [6.45, 7) is 6.95. The average Bonchev–Trinajstić information content (AvgIpc) is 3.06. The van der Waals surface area contributed by atoms with E-state index in [1.807, 2.05) is 6.20 Å². The maximum atomic E-state index is 5.49. The van der Waals surface area contributed by atoms with Gasteiger partial charge >= 0.3 is 0 Å². The Hall–Kier alpha value is -5.34. The molecule has 0 fully saturated rings. The van der Waals surface area contributed by atoms with Gasteiger partial charge in [0.25, 0.3) is 0 Å². The first-order valence-electron chi connectivity index (χ1n) is 15.3. The highest BCUT2D eigenvalue weighted by atomic mass is 14.8. The van der Waals surface area contributed by atoms with Gasteiger partial charge in [-0.1, -0.05) is 136 Å². The lowest BCUT2D eigenvalue weighted by molar-refractivity contribution is 0.601. The van der Waals surface area contributed by atoms with Crippen LogP contribution in [-0.2, 0) is 5.41 Å². The van der Waals surface area contributed by atoms with Crippen LogP contribution >= 0.6 is 0 Å². The minimum Gasteiger partial charge on any atom is -0.254 e. The molecule has 44 heavy (non-hydrogen) atoms. The molecule has 0 radical (unpaired) electrons. The Bertz CT molecular complexity index is 2350. The van der Waals surface area contributed by atoms with Crippen LogP contribution < -0.4 is 0 Å². The van der Waals surface area contributed by atoms with Gasteiger partial charge in [-0.2, -0.15) is 0 Å². The molecule has 0 spiro atoms. The smallest absolute Gasteiger partial charge is 0.0978 e. The van der Waals surface area contributed by atoms with Gasteiger partial charge in [-0.3, -0.25) is 4.98 Å². The van der Waals surface area contributed by atoms with E-state index in [0.717, 1.165) is 44.2 Å². The number of aromatic nitrogens is 2. The monoisotopic (exact) mass is 564 g/mol. The summed E-state index contributed by atoms with van der Waals surface area (Å²) in [5, 5.41) is 7.27. The van der Waals surface area contributed by atoms with Gasteiger partial charge in [0.1, 0.15) is 0 Å². The zero-order chi connectivity index (χ0) is 29.8. The average molecular weight is 565 g/mol. The van der Waals surface area contributed by atoms with Crippen LogP contribution in [0.4, 0.5) is 0 Å². The van der Waals surface area contributed by atoms with E-state index in [9.17, 15) is 0 Å². The SMILES string of the molecule is CC(C)(C)c1c2ccccc2cc2cccc(-c3cc(-c4ccccc4)c4ccc5c(-c6ccccc6)ccnc5c4n3)c12. The van der Waals surface area contributed by atoms with Crippen molar-refractivity contribution in [1.29, 1.82) is 0 Å². The molecule has 0 bridgehead atoms. The molecular weight excluding hydrogens is 532 g/mol. The Kier molecular flexibility index (Phi) is 6.06. The van der Waals surface area contributed by atoms with Crippen molar-refractivity contribution in [3.8, 4) is 33.5 Å². The third kappa shape index (κ3) is 4.26. The number of hydrogen-bond donors (Lipinski definition) is 0. The van der Waals surface area contributed by atoms with E-state index in [4.69, 9.17) is 9.97 Å². The van der Waals surface area contributed by atoms with Gasteiger partial charge in [0.15, 0.2) is 0 Å². The first-order valence-corrected chi connectivity index (χ1v) is 15.3. The summed E-state index contributed by atoms with van der Waals surface area (Å²) in [5.74, 6) is 0. The number of hydrogen-bond acceptors (Lipinski definition) is 2. The quantitative estimate of drug-likeness (QED) is 0.158. The topological polar surface area (TPSA) is 25.8 Å². The van der Waals surface area contributed by atoms with Gasteiger partial charge in [-0.05, 0) is 73.0 Å². The van der Waals surface area contributed by atoms with Crippen molar-refractivity contribution in [3.63, 3.8) is 0 Å². The van der Waals surface area contributed by atoms with Crippen molar-refractivity contribution < 1.29 is 0 Å². The molecule has 2 aromatic heterocycles. The Morgan fingerprint density at radius 3 is 1.84 bits per heavy atom. The summed E-state index contributed by atoms with van der Waals surface area (Å²) in [5.41, 5.74) is 9.90. The fraction of sp³-hybridized carbons (Fsp3) is 0.0952. The molecule has 0 unspecified atom stereocenters. The second kappa shape index (κ2) is 10.1. The Morgan fingerprint density at radius 1 is 0.477 bits per heavy atom. The Morgan fingerprint density at radius 2 is 1.11 bits per heavy atom. The highest BCUT2D eigenvalue weighted by molar-refractivity contribution is 6.14. The summed E-state index contributed by atoms with van der Waals surface area (Å²) in [7, 11) is 0. The molecule has 0 aliphatic heterocycles. The van der Waals surface area contributed by atoms with E-state index >= 15 is 0 Å². The minimum atomic E-state index is -0.0762. The molecule has 0 amide bonds. The molecule has 0 aliphatic carbocycles. The molecule has 0 N–H and O–H groups in total. The van der Waals surface area contributed by atoms with Crippen molar-refractivity contribution >= 4 is 43.4 Å². The van der Waals surface area contributed by atoms with Crippen LogP contribution in [-0.4, -0.2) is 9.97 Å². The highest BCUT2D eigenvalue weighted by Crippen LogP contribution is 2.43. The van der Waals surface area contributed by atoms with E-state index in [1.165, 1.54) is 38.2 Å². The molecule has 0 aliphatic rings. The molecule has 2 heteroatoms. The second-order valence-electron chi connectivity index (χ2n) is 12.6. The summed E-state index contributed by atoms with van der Waals surface area (Å²) in [4.78, 5) is 10.4. The van der Waals surface area contributed by atoms with Gasteiger partial charge in [0.2, 0.25) is 0 Å². The fourth-order valence-electron chi connectivity index (χ4n) is 6.88. The zero-order valence-corrected chi connectivity index (χ0v) is 25.2. The van der Waals surface area contributed by atoms with Crippen molar-refractivity contribution in [3.05, 3.63) is 145 Å². The zero-order valence-electron chi connectivity index (χ0n) is 25.2. The van der Waals surface area contributed by atoms with E-state index in [0.29, 0.717) is 0 Å². The third-order valence-corrected chi connectivity index (χ3v) is 8.77. The van der Waals surface area contributed by atoms with Crippen LogP contribution in [0.3, 0.4) is 0 Å². The lowest BCUT2D eigenvalue weighted by Crippen LogP contribution is -2.13. The van der Waals surface area contributed by atoms with E-state index in [2.05, 4.69) is 154 Å². The molecule has 8 rings (SSSR count). The Labute approximate surface area is 257 Å². The van der Waals surface area contributed by atoms with Crippen LogP contribution in [0.2, 0.25) is 0 Å². The number of rotatable bonds is 3. The van der Waals surface area contributed by atoms with E-state index < -0.39 is 0 Å². The van der Waals surface area contributed by atoms with Gasteiger partial charge in [0.05, 0.1) is 16.7 Å². The molecule has 210 valence electrons. The first kappa shape index (κ1) is 26.3. The number of pyridine rings is 2. The van der Waals surface area contributed by atoms with Gasteiger partial charge in [0, 0.05) is 22.5 Å².